The highest BCUT2D eigenvalue weighted by molar-refractivity contribution is 6.28. The van der Waals surface area contributed by atoms with Crippen molar-refractivity contribution in [1.29, 1.82) is 0 Å². The number of ether oxygens (including phenoxy) is 2. The van der Waals surface area contributed by atoms with E-state index in [-0.39, 0.29) is 23.9 Å². The molecule has 0 aliphatic heterocycles. The maximum Gasteiger partial charge on any atom is 0.228 e. The number of nitrogens with one attached hydrogen (secondary N) is 1. The van der Waals surface area contributed by atoms with E-state index >= 15 is 0 Å². The molecule has 1 N–H and O–H groups in total. The summed E-state index contributed by atoms with van der Waals surface area (Å²) < 4.78 is 10.5. The van der Waals surface area contributed by atoms with E-state index in [2.05, 4.69) is 5.32 Å². The van der Waals surface area contributed by atoms with Gasteiger partial charge in [-0.3, -0.25) is 14.4 Å². The zero-order valence-electron chi connectivity index (χ0n) is 16.5. The standard InChI is InChI=1S/C24H19NO5/c1-29-16-9-7-14(21(13-16)30-2)11-22(26)25-15-8-10-19-20(12-15)24(28)18-6-4-3-5-17(18)23(19)27/h3-10,12-13H,11H2,1-2H3,(H,25,26). The first-order valence-electron chi connectivity index (χ1n) is 9.35. The molecule has 0 heterocycles. The summed E-state index contributed by atoms with van der Waals surface area (Å²) in [5, 5.41) is 2.79. The van der Waals surface area contributed by atoms with Crippen molar-refractivity contribution in [2.45, 2.75) is 6.42 Å². The molecular weight excluding hydrogens is 382 g/mol. The second kappa shape index (κ2) is 7.83. The van der Waals surface area contributed by atoms with Crippen LogP contribution in [0.25, 0.3) is 0 Å². The summed E-state index contributed by atoms with van der Waals surface area (Å²) in [6, 6.07) is 16.7. The van der Waals surface area contributed by atoms with Crippen molar-refractivity contribution in [3.05, 3.63) is 88.5 Å². The van der Waals surface area contributed by atoms with Crippen LogP contribution in [0, 0.1) is 0 Å². The lowest BCUT2D eigenvalue weighted by Gasteiger charge is -2.18. The molecule has 0 spiro atoms. The number of carbonyl (C=O) groups excluding carboxylic acids is 3. The molecule has 6 heteroatoms. The predicted molar refractivity (Wildman–Crippen MR) is 112 cm³/mol. The van der Waals surface area contributed by atoms with E-state index < -0.39 is 0 Å². The Morgan fingerprint density at radius 1 is 0.800 bits per heavy atom. The van der Waals surface area contributed by atoms with Gasteiger partial charge in [0.15, 0.2) is 11.6 Å². The molecule has 0 radical (unpaired) electrons. The molecular formula is C24H19NO5. The lowest BCUT2D eigenvalue weighted by atomic mass is 9.84. The fourth-order valence-electron chi connectivity index (χ4n) is 3.55. The minimum absolute atomic E-state index is 0.0833. The highest BCUT2D eigenvalue weighted by atomic mass is 16.5. The number of anilines is 1. The largest absolute Gasteiger partial charge is 0.497 e. The number of rotatable bonds is 5. The number of ketones is 2. The molecule has 30 heavy (non-hydrogen) atoms. The van der Waals surface area contributed by atoms with Crippen molar-refractivity contribution < 1.29 is 23.9 Å². The molecule has 0 unspecified atom stereocenters. The minimum atomic E-state index is -0.270. The highest BCUT2D eigenvalue weighted by Gasteiger charge is 2.29. The van der Waals surface area contributed by atoms with Gasteiger partial charge in [0, 0.05) is 39.6 Å². The molecule has 4 rings (SSSR count). The normalized spacial score (nSPS) is 12.1. The van der Waals surface area contributed by atoms with Crippen LogP contribution in [0.1, 0.15) is 37.4 Å². The number of benzene rings is 3. The summed E-state index contributed by atoms with van der Waals surface area (Å²) in [5.41, 5.74) is 2.56. The fraction of sp³-hybridized carbons (Fsp3) is 0.125. The van der Waals surface area contributed by atoms with Gasteiger partial charge in [0.2, 0.25) is 5.91 Å². The Morgan fingerprint density at radius 3 is 2.13 bits per heavy atom. The number of methoxy groups -OCH3 is 2. The number of carbonyl (C=O) groups is 3. The third kappa shape index (κ3) is 3.43. The second-order valence-corrected chi connectivity index (χ2v) is 6.87. The molecule has 0 fully saturated rings. The average Bonchev–Trinajstić information content (AvgIpc) is 2.77. The van der Waals surface area contributed by atoms with Crippen LogP contribution in [-0.4, -0.2) is 31.7 Å². The quantitative estimate of drug-likeness (QED) is 0.552. The summed E-state index contributed by atoms with van der Waals surface area (Å²) in [6.07, 6.45) is 0.0833. The number of amides is 1. The van der Waals surface area contributed by atoms with Crippen molar-refractivity contribution in [3.63, 3.8) is 0 Å². The molecule has 3 aromatic carbocycles. The van der Waals surface area contributed by atoms with Crippen LogP contribution < -0.4 is 14.8 Å². The molecule has 0 aromatic heterocycles. The molecule has 1 amide bonds. The summed E-state index contributed by atoms with van der Waals surface area (Å²) in [7, 11) is 3.09. The lowest BCUT2D eigenvalue weighted by Crippen LogP contribution is -2.21. The van der Waals surface area contributed by atoms with Gasteiger partial charge >= 0.3 is 0 Å². The average molecular weight is 401 g/mol. The molecule has 150 valence electrons. The third-order valence-corrected chi connectivity index (χ3v) is 5.05. The summed E-state index contributed by atoms with van der Waals surface area (Å²) in [4.78, 5) is 38.1. The SMILES string of the molecule is COc1ccc(CC(=O)Nc2ccc3c(c2)C(=O)c2ccccc2C3=O)c(OC)c1. The first kappa shape index (κ1) is 19.4. The van der Waals surface area contributed by atoms with Gasteiger partial charge in [-0.05, 0) is 24.3 Å². The van der Waals surface area contributed by atoms with Crippen LogP contribution in [0.5, 0.6) is 11.5 Å². The number of hydrogen-bond donors (Lipinski definition) is 1. The van der Waals surface area contributed by atoms with Crippen molar-refractivity contribution in [3.8, 4) is 11.5 Å². The molecule has 6 nitrogen and oxygen atoms in total. The first-order valence-corrected chi connectivity index (χ1v) is 9.35. The van der Waals surface area contributed by atoms with E-state index in [0.29, 0.717) is 45.0 Å². The van der Waals surface area contributed by atoms with E-state index in [0.717, 1.165) is 0 Å². The van der Waals surface area contributed by atoms with Crippen LogP contribution in [0.4, 0.5) is 5.69 Å². The van der Waals surface area contributed by atoms with Crippen LogP contribution in [0.2, 0.25) is 0 Å². The minimum Gasteiger partial charge on any atom is -0.497 e. The van der Waals surface area contributed by atoms with Crippen LogP contribution in [-0.2, 0) is 11.2 Å². The molecule has 0 saturated carbocycles. The molecule has 0 bridgehead atoms. The highest BCUT2D eigenvalue weighted by Crippen LogP contribution is 2.29. The van der Waals surface area contributed by atoms with E-state index in [4.69, 9.17) is 9.47 Å². The van der Waals surface area contributed by atoms with Gasteiger partial charge in [-0.1, -0.05) is 30.3 Å². The molecule has 3 aromatic rings. The van der Waals surface area contributed by atoms with Crippen LogP contribution in [0.15, 0.2) is 60.7 Å². The summed E-state index contributed by atoms with van der Waals surface area (Å²) in [5.74, 6) is 0.490. The molecule has 1 aliphatic carbocycles. The Morgan fingerprint density at radius 2 is 1.47 bits per heavy atom. The summed E-state index contributed by atoms with van der Waals surface area (Å²) in [6.45, 7) is 0. The smallest absolute Gasteiger partial charge is 0.228 e. The lowest BCUT2D eigenvalue weighted by molar-refractivity contribution is -0.115. The van der Waals surface area contributed by atoms with Crippen molar-refractivity contribution >= 4 is 23.2 Å². The molecule has 0 atom stereocenters. The maximum absolute atomic E-state index is 12.8. The van der Waals surface area contributed by atoms with Crippen molar-refractivity contribution in [1.82, 2.24) is 0 Å². The Balaban J connectivity index is 1.56. The molecule has 1 aliphatic rings. The zero-order chi connectivity index (χ0) is 21.3. The van der Waals surface area contributed by atoms with E-state index in [9.17, 15) is 14.4 Å². The number of fused-ring (bicyclic) bond motifs is 2. The van der Waals surface area contributed by atoms with Gasteiger partial charge in [-0.25, -0.2) is 0 Å². The van der Waals surface area contributed by atoms with Crippen molar-refractivity contribution in [2.24, 2.45) is 0 Å². The van der Waals surface area contributed by atoms with Gasteiger partial charge < -0.3 is 14.8 Å². The van der Waals surface area contributed by atoms with Crippen LogP contribution >= 0.6 is 0 Å². The number of hydrogen-bond acceptors (Lipinski definition) is 5. The Bertz CT molecular complexity index is 1180. The Labute approximate surface area is 173 Å². The van der Waals surface area contributed by atoms with Gasteiger partial charge in [-0.2, -0.15) is 0 Å². The third-order valence-electron chi connectivity index (χ3n) is 5.05. The van der Waals surface area contributed by atoms with Crippen LogP contribution in [0.3, 0.4) is 0 Å². The zero-order valence-corrected chi connectivity index (χ0v) is 16.5. The van der Waals surface area contributed by atoms with E-state index in [1.165, 1.54) is 7.11 Å². The van der Waals surface area contributed by atoms with Gasteiger partial charge in [0.25, 0.3) is 0 Å². The predicted octanol–water partition coefficient (Wildman–Crippen LogP) is 3.66. The maximum atomic E-state index is 12.8. The van der Waals surface area contributed by atoms with Crippen molar-refractivity contribution in [2.75, 3.05) is 19.5 Å². The Hall–Kier alpha value is -3.93. The monoisotopic (exact) mass is 401 g/mol. The molecule has 0 saturated heterocycles. The Kier molecular flexibility index (Phi) is 5.06. The first-order chi connectivity index (χ1) is 14.5. The summed E-state index contributed by atoms with van der Waals surface area (Å²) >= 11 is 0. The topological polar surface area (TPSA) is 81.7 Å². The van der Waals surface area contributed by atoms with Gasteiger partial charge in [-0.15, -0.1) is 0 Å². The van der Waals surface area contributed by atoms with E-state index in [1.54, 1.807) is 67.8 Å². The van der Waals surface area contributed by atoms with E-state index in [1.807, 2.05) is 0 Å². The second-order valence-electron chi connectivity index (χ2n) is 6.87. The fourth-order valence-corrected chi connectivity index (χ4v) is 3.55. The van der Waals surface area contributed by atoms with Gasteiger partial charge in [0.05, 0.1) is 20.6 Å². The van der Waals surface area contributed by atoms with Gasteiger partial charge in [0.1, 0.15) is 11.5 Å².